The lowest BCUT2D eigenvalue weighted by molar-refractivity contribution is -0.120. The number of nitrogens with zero attached hydrogens (tertiary/aromatic N) is 1. The fourth-order valence-corrected chi connectivity index (χ4v) is 4.29. The van der Waals surface area contributed by atoms with E-state index in [1.807, 2.05) is 13.0 Å². The average Bonchev–Trinajstić information content (AvgIpc) is 2.74. The van der Waals surface area contributed by atoms with Crippen LogP contribution in [0.25, 0.3) is 0 Å². The number of ether oxygens (including phenoxy) is 1. The molecule has 3 aromatic carbocycles. The summed E-state index contributed by atoms with van der Waals surface area (Å²) in [5.74, 6) is 0.345. The zero-order valence-electron chi connectivity index (χ0n) is 16.7. The first kappa shape index (κ1) is 21.3. The Labute approximate surface area is 176 Å². The summed E-state index contributed by atoms with van der Waals surface area (Å²) in [6.45, 7) is 1.89. The summed E-state index contributed by atoms with van der Waals surface area (Å²) in [5, 5.41) is 3.94. The quantitative estimate of drug-likeness (QED) is 0.466. The second-order valence-electron chi connectivity index (χ2n) is 6.68. The van der Waals surface area contributed by atoms with Crippen molar-refractivity contribution in [3.63, 3.8) is 0 Å². The molecule has 0 bridgehead atoms. The van der Waals surface area contributed by atoms with Crippen LogP contribution in [0.5, 0.6) is 5.75 Å². The van der Waals surface area contributed by atoms with Crippen molar-refractivity contribution in [1.82, 2.24) is 5.43 Å². The van der Waals surface area contributed by atoms with E-state index in [4.69, 9.17) is 4.74 Å². The Kier molecular flexibility index (Phi) is 6.64. The second kappa shape index (κ2) is 9.37. The van der Waals surface area contributed by atoms with Crippen molar-refractivity contribution in [3.8, 4) is 5.75 Å². The SMILES string of the molecule is COc1cccc(CC(=O)N/N=C/c2ccccc2S(=O)(=O)c2ccc(C)cc2)c1. The van der Waals surface area contributed by atoms with E-state index in [2.05, 4.69) is 10.5 Å². The van der Waals surface area contributed by atoms with Crippen LogP contribution in [-0.2, 0) is 21.1 Å². The van der Waals surface area contributed by atoms with Gasteiger partial charge in [0.25, 0.3) is 0 Å². The summed E-state index contributed by atoms with van der Waals surface area (Å²) in [4.78, 5) is 12.5. The molecule has 30 heavy (non-hydrogen) atoms. The summed E-state index contributed by atoms with van der Waals surface area (Å²) in [7, 11) is -2.15. The molecule has 0 saturated carbocycles. The number of hydrogen-bond donors (Lipinski definition) is 1. The van der Waals surface area contributed by atoms with Gasteiger partial charge in [-0.3, -0.25) is 4.79 Å². The number of hydrazone groups is 1. The largest absolute Gasteiger partial charge is 0.497 e. The van der Waals surface area contributed by atoms with Gasteiger partial charge in [0.15, 0.2) is 0 Å². The van der Waals surface area contributed by atoms with Crippen molar-refractivity contribution in [2.75, 3.05) is 7.11 Å². The molecule has 0 saturated heterocycles. The highest BCUT2D eigenvalue weighted by Gasteiger charge is 2.20. The summed E-state index contributed by atoms with van der Waals surface area (Å²) in [6.07, 6.45) is 1.46. The van der Waals surface area contributed by atoms with Gasteiger partial charge in [-0.15, -0.1) is 0 Å². The fraction of sp³-hybridized carbons (Fsp3) is 0.130. The minimum absolute atomic E-state index is 0.123. The zero-order chi connectivity index (χ0) is 21.6. The number of hydrogen-bond acceptors (Lipinski definition) is 5. The second-order valence-corrected chi connectivity index (χ2v) is 8.59. The first-order valence-electron chi connectivity index (χ1n) is 9.26. The van der Waals surface area contributed by atoms with Crippen LogP contribution in [0.1, 0.15) is 16.7 Å². The fourth-order valence-electron chi connectivity index (χ4n) is 2.86. The molecule has 0 aliphatic heterocycles. The van der Waals surface area contributed by atoms with Crippen LogP contribution in [0.3, 0.4) is 0 Å². The Balaban J connectivity index is 1.75. The van der Waals surface area contributed by atoms with Crippen LogP contribution in [-0.4, -0.2) is 27.6 Å². The van der Waals surface area contributed by atoms with Crippen molar-refractivity contribution in [2.45, 2.75) is 23.1 Å². The molecule has 0 aliphatic rings. The third kappa shape index (κ3) is 5.12. The smallest absolute Gasteiger partial charge is 0.244 e. The third-order valence-corrected chi connectivity index (χ3v) is 6.28. The number of sulfone groups is 1. The summed E-state index contributed by atoms with van der Waals surface area (Å²) in [5.41, 5.74) is 4.58. The van der Waals surface area contributed by atoms with E-state index < -0.39 is 9.84 Å². The number of rotatable bonds is 7. The maximum Gasteiger partial charge on any atom is 0.244 e. The number of benzene rings is 3. The number of aryl methyl sites for hydroxylation is 1. The van der Waals surface area contributed by atoms with Gasteiger partial charge in [-0.25, -0.2) is 13.8 Å². The third-order valence-electron chi connectivity index (χ3n) is 4.43. The summed E-state index contributed by atoms with van der Waals surface area (Å²) >= 11 is 0. The van der Waals surface area contributed by atoms with Gasteiger partial charge in [-0.05, 0) is 42.8 Å². The van der Waals surface area contributed by atoms with Crippen LogP contribution in [0.15, 0.2) is 87.7 Å². The maximum absolute atomic E-state index is 13.0. The average molecular weight is 423 g/mol. The first-order chi connectivity index (χ1) is 14.4. The Bertz CT molecular complexity index is 1170. The summed E-state index contributed by atoms with van der Waals surface area (Å²) < 4.78 is 31.2. The highest BCUT2D eigenvalue weighted by molar-refractivity contribution is 7.91. The number of carbonyl (C=O) groups excluding carboxylic acids is 1. The van der Waals surface area contributed by atoms with Gasteiger partial charge in [-0.1, -0.05) is 48.0 Å². The molecular formula is C23H22N2O4S. The normalized spacial score (nSPS) is 11.4. The topological polar surface area (TPSA) is 84.8 Å². The molecule has 0 heterocycles. The molecular weight excluding hydrogens is 400 g/mol. The molecule has 7 heteroatoms. The molecule has 0 spiro atoms. The van der Waals surface area contributed by atoms with Gasteiger partial charge in [0, 0.05) is 5.56 Å². The van der Waals surface area contributed by atoms with Crippen LogP contribution < -0.4 is 10.2 Å². The number of nitrogens with one attached hydrogen (secondary N) is 1. The van der Waals surface area contributed by atoms with Crippen molar-refractivity contribution in [1.29, 1.82) is 0 Å². The maximum atomic E-state index is 13.0. The Morgan fingerprint density at radius 2 is 1.77 bits per heavy atom. The molecule has 3 rings (SSSR count). The molecule has 0 radical (unpaired) electrons. The number of methoxy groups -OCH3 is 1. The minimum atomic E-state index is -3.71. The van der Waals surface area contributed by atoms with Crippen molar-refractivity contribution in [3.05, 3.63) is 89.5 Å². The Hall–Kier alpha value is -3.45. The number of carbonyl (C=O) groups is 1. The van der Waals surface area contributed by atoms with E-state index in [9.17, 15) is 13.2 Å². The van der Waals surface area contributed by atoms with Crippen LogP contribution in [0.4, 0.5) is 0 Å². The lowest BCUT2D eigenvalue weighted by atomic mass is 10.1. The van der Waals surface area contributed by atoms with Gasteiger partial charge in [0.2, 0.25) is 15.7 Å². The standard InChI is InChI=1S/C23H22N2O4S/c1-17-10-12-21(13-11-17)30(27,28)22-9-4-3-7-19(22)16-24-25-23(26)15-18-6-5-8-20(14-18)29-2/h3-14,16H,15H2,1-2H3,(H,25,26)/b24-16+. The molecule has 0 aliphatic carbocycles. The van der Waals surface area contributed by atoms with E-state index >= 15 is 0 Å². The zero-order valence-corrected chi connectivity index (χ0v) is 17.5. The summed E-state index contributed by atoms with van der Waals surface area (Å²) in [6, 6.07) is 20.4. The van der Waals surface area contributed by atoms with E-state index in [1.54, 1.807) is 67.8 Å². The van der Waals surface area contributed by atoms with E-state index in [0.717, 1.165) is 11.1 Å². The molecule has 3 aromatic rings. The highest BCUT2D eigenvalue weighted by atomic mass is 32.2. The van der Waals surface area contributed by atoms with Crippen molar-refractivity contribution >= 4 is 22.0 Å². The van der Waals surface area contributed by atoms with E-state index in [1.165, 1.54) is 12.3 Å². The monoisotopic (exact) mass is 422 g/mol. The van der Waals surface area contributed by atoms with E-state index in [-0.39, 0.29) is 22.1 Å². The van der Waals surface area contributed by atoms with Crippen LogP contribution in [0.2, 0.25) is 0 Å². The Morgan fingerprint density at radius 1 is 1.03 bits per heavy atom. The Morgan fingerprint density at radius 3 is 2.50 bits per heavy atom. The first-order valence-corrected chi connectivity index (χ1v) is 10.7. The molecule has 0 aromatic heterocycles. The predicted octanol–water partition coefficient (Wildman–Crippen LogP) is 3.53. The van der Waals surface area contributed by atoms with Gasteiger partial charge in [0.1, 0.15) is 5.75 Å². The van der Waals surface area contributed by atoms with Gasteiger partial charge in [0.05, 0.1) is 29.5 Å². The lowest BCUT2D eigenvalue weighted by Crippen LogP contribution is -2.20. The molecule has 154 valence electrons. The minimum Gasteiger partial charge on any atom is -0.497 e. The predicted molar refractivity (Wildman–Crippen MR) is 116 cm³/mol. The molecule has 1 N–H and O–H groups in total. The molecule has 0 unspecified atom stereocenters. The van der Waals surface area contributed by atoms with Crippen LogP contribution in [0, 0.1) is 6.92 Å². The van der Waals surface area contributed by atoms with Gasteiger partial charge < -0.3 is 4.74 Å². The lowest BCUT2D eigenvalue weighted by Gasteiger charge is -2.08. The van der Waals surface area contributed by atoms with Crippen molar-refractivity contribution in [2.24, 2.45) is 5.10 Å². The molecule has 0 fully saturated rings. The molecule has 1 amide bonds. The highest BCUT2D eigenvalue weighted by Crippen LogP contribution is 2.23. The number of amides is 1. The van der Waals surface area contributed by atoms with Crippen LogP contribution >= 0.6 is 0 Å². The molecule has 0 atom stereocenters. The molecule has 6 nitrogen and oxygen atoms in total. The van der Waals surface area contributed by atoms with Gasteiger partial charge in [-0.2, -0.15) is 5.10 Å². The van der Waals surface area contributed by atoms with E-state index in [0.29, 0.717) is 11.3 Å². The van der Waals surface area contributed by atoms with Crippen molar-refractivity contribution < 1.29 is 17.9 Å². The van der Waals surface area contributed by atoms with Gasteiger partial charge >= 0.3 is 0 Å².